The first-order valence-electron chi connectivity index (χ1n) is 11.2. The van der Waals surface area contributed by atoms with Crippen LogP contribution in [0.3, 0.4) is 0 Å². The Balaban J connectivity index is 1.99. The zero-order valence-electron chi connectivity index (χ0n) is 17.9. The number of rotatable bonds is 13. The van der Waals surface area contributed by atoms with Crippen LogP contribution in [0.4, 0.5) is 0 Å². The second-order valence-corrected chi connectivity index (χ2v) is 8.56. The summed E-state index contributed by atoms with van der Waals surface area (Å²) in [4.78, 5) is 10.7. The Morgan fingerprint density at radius 3 is 2.69 bits per heavy atom. The molecule has 0 heterocycles. The number of benzene rings is 1. The molecule has 0 spiro atoms. The monoisotopic (exact) mass is 406 g/mol. The predicted molar refractivity (Wildman–Crippen MR) is 114 cm³/mol. The smallest absolute Gasteiger partial charge is 0.341 e. The zero-order chi connectivity index (χ0) is 21.2. The maximum absolute atomic E-state index is 10.7. The average Bonchev–Trinajstić information content (AvgIpc) is 2.99. The second-order valence-electron chi connectivity index (χ2n) is 8.56. The molecule has 1 fully saturated rings. The van der Waals surface area contributed by atoms with Gasteiger partial charge < -0.3 is 20.1 Å². The molecule has 1 aromatic rings. The lowest BCUT2D eigenvalue weighted by atomic mass is 9.80. The standard InChI is InChI=1S/C24H38O5/c1-3-5-6-9-19(25)11-12-21-22(18(4-2)15-23(21)26)14-17-8-7-10-20(13-17)29-16-24(27)28/h7-8,10,13,18-19,21-23,25-26H,3-6,9,11-12,14-16H2,1-2H3,(H,27,28)/t18-,19-,21+,22-,23+/m0/s1. The highest BCUT2D eigenvalue weighted by atomic mass is 16.5. The van der Waals surface area contributed by atoms with Crippen molar-refractivity contribution in [3.05, 3.63) is 29.8 Å². The van der Waals surface area contributed by atoms with Gasteiger partial charge in [0.2, 0.25) is 0 Å². The highest BCUT2D eigenvalue weighted by Gasteiger charge is 2.41. The van der Waals surface area contributed by atoms with Gasteiger partial charge in [0, 0.05) is 0 Å². The molecule has 5 nitrogen and oxygen atoms in total. The summed E-state index contributed by atoms with van der Waals surface area (Å²) in [5, 5.41) is 29.8. The van der Waals surface area contributed by atoms with Crippen LogP contribution >= 0.6 is 0 Å². The lowest BCUT2D eigenvalue weighted by Gasteiger charge is -2.26. The third-order valence-corrected chi connectivity index (χ3v) is 6.42. The van der Waals surface area contributed by atoms with Crippen molar-refractivity contribution in [1.29, 1.82) is 0 Å². The van der Waals surface area contributed by atoms with Crippen LogP contribution in [0.15, 0.2) is 24.3 Å². The summed E-state index contributed by atoms with van der Waals surface area (Å²) in [6.07, 6.45) is 7.95. The molecule has 5 atom stereocenters. The third kappa shape index (κ3) is 7.63. The molecule has 29 heavy (non-hydrogen) atoms. The van der Waals surface area contributed by atoms with E-state index >= 15 is 0 Å². The molecule has 1 aromatic carbocycles. The van der Waals surface area contributed by atoms with Gasteiger partial charge in [-0.05, 0) is 67.6 Å². The van der Waals surface area contributed by atoms with Gasteiger partial charge in [0.15, 0.2) is 6.61 Å². The van der Waals surface area contributed by atoms with Crippen molar-refractivity contribution in [2.45, 2.75) is 83.8 Å². The molecule has 0 bridgehead atoms. The van der Waals surface area contributed by atoms with E-state index in [2.05, 4.69) is 13.8 Å². The van der Waals surface area contributed by atoms with Crippen LogP contribution in [-0.2, 0) is 11.2 Å². The van der Waals surface area contributed by atoms with Crippen molar-refractivity contribution in [2.24, 2.45) is 17.8 Å². The minimum atomic E-state index is -0.988. The molecular weight excluding hydrogens is 368 g/mol. The molecule has 0 unspecified atom stereocenters. The van der Waals surface area contributed by atoms with Crippen LogP contribution in [0.25, 0.3) is 0 Å². The van der Waals surface area contributed by atoms with Gasteiger partial charge in [-0.2, -0.15) is 0 Å². The fraction of sp³-hybridized carbons (Fsp3) is 0.708. The number of aliphatic carboxylic acids is 1. The summed E-state index contributed by atoms with van der Waals surface area (Å²) in [6.45, 7) is 4.00. The van der Waals surface area contributed by atoms with E-state index in [1.165, 1.54) is 0 Å². The zero-order valence-corrected chi connectivity index (χ0v) is 17.9. The van der Waals surface area contributed by atoms with E-state index in [1.807, 2.05) is 18.2 Å². The first-order chi connectivity index (χ1) is 13.9. The number of aliphatic hydroxyl groups excluding tert-OH is 2. The van der Waals surface area contributed by atoms with Crippen molar-refractivity contribution < 1.29 is 24.9 Å². The number of hydrogen-bond donors (Lipinski definition) is 3. The molecule has 0 aliphatic heterocycles. The summed E-state index contributed by atoms with van der Waals surface area (Å²) < 4.78 is 5.32. The van der Waals surface area contributed by atoms with Crippen molar-refractivity contribution in [3.8, 4) is 5.75 Å². The van der Waals surface area contributed by atoms with Crippen LogP contribution in [-0.4, -0.2) is 40.1 Å². The maximum Gasteiger partial charge on any atom is 0.341 e. The Bertz CT molecular complexity index is 617. The minimum Gasteiger partial charge on any atom is -0.482 e. The van der Waals surface area contributed by atoms with E-state index in [0.29, 0.717) is 17.6 Å². The van der Waals surface area contributed by atoms with Crippen LogP contribution in [0, 0.1) is 17.8 Å². The van der Waals surface area contributed by atoms with E-state index in [1.54, 1.807) is 6.07 Å². The largest absolute Gasteiger partial charge is 0.482 e. The van der Waals surface area contributed by atoms with Gasteiger partial charge >= 0.3 is 5.97 Å². The summed E-state index contributed by atoms with van der Waals surface area (Å²) >= 11 is 0. The van der Waals surface area contributed by atoms with Crippen LogP contribution in [0.1, 0.15) is 70.8 Å². The van der Waals surface area contributed by atoms with E-state index in [0.717, 1.165) is 63.4 Å². The summed E-state index contributed by atoms with van der Waals surface area (Å²) in [7, 11) is 0. The number of ether oxygens (including phenoxy) is 1. The number of aliphatic hydroxyl groups is 2. The number of carboxylic acids is 1. The fourth-order valence-corrected chi connectivity index (χ4v) is 4.83. The highest BCUT2D eigenvalue weighted by Crippen LogP contribution is 2.43. The highest BCUT2D eigenvalue weighted by molar-refractivity contribution is 5.68. The Hall–Kier alpha value is -1.59. The minimum absolute atomic E-state index is 0.198. The number of hydrogen-bond acceptors (Lipinski definition) is 4. The second kappa shape index (κ2) is 12.2. The van der Waals surface area contributed by atoms with Crippen LogP contribution < -0.4 is 4.74 Å². The fourth-order valence-electron chi connectivity index (χ4n) is 4.83. The SMILES string of the molecule is CCCCC[C@H](O)CC[C@@H]1[C@@H](Cc2cccc(OCC(=O)O)c2)[C@@H](CC)C[C@H]1O. The predicted octanol–water partition coefficient (Wildman–Crippen LogP) is 4.44. The van der Waals surface area contributed by atoms with Gasteiger partial charge in [0.1, 0.15) is 5.75 Å². The average molecular weight is 407 g/mol. The van der Waals surface area contributed by atoms with Crippen LogP contribution in [0.2, 0.25) is 0 Å². The molecule has 1 saturated carbocycles. The van der Waals surface area contributed by atoms with Crippen molar-refractivity contribution in [1.82, 2.24) is 0 Å². The van der Waals surface area contributed by atoms with E-state index in [9.17, 15) is 15.0 Å². The maximum atomic E-state index is 10.7. The number of unbranched alkanes of at least 4 members (excludes halogenated alkanes) is 2. The first kappa shape index (κ1) is 23.7. The summed E-state index contributed by atoms with van der Waals surface area (Å²) in [5.41, 5.74) is 1.11. The van der Waals surface area contributed by atoms with Gasteiger partial charge in [-0.25, -0.2) is 4.79 Å². The first-order valence-corrected chi connectivity index (χ1v) is 11.2. The Morgan fingerprint density at radius 2 is 2.00 bits per heavy atom. The molecule has 0 aromatic heterocycles. The van der Waals surface area contributed by atoms with E-state index in [-0.39, 0.29) is 24.7 Å². The van der Waals surface area contributed by atoms with Crippen molar-refractivity contribution in [2.75, 3.05) is 6.61 Å². The quantitative estimate of drug-likeness (QED) is 0.422. The molecule has 2 rings (SSSR count). The molecule has 0 radical (unpaired) electrons. The number of carboxylic acid groups (broad SMARTS) is 1. The van der Waals surface area contributed by atoms with Gasteiger partial charge in [0.05, 0.1) is 12.2 Å². The van der Waals surface area contributed by atoms with Crippen molar-refractivity contribution >= 4 is 5.97 Å². The van der Waals surface area contributed by atoms with E-state index in [4.69, 9.17) is 9.84 Å². The molecule has 3 N–H and O–H groups in total. The van der Waals surface area contributed by atoms with E-state index < -0.39 is 5.97 Å². The Labute approximate surface area is 175 Å². The molecule has 164 valence electrons. The molecule has 1 aliphatic rings. The van der Waals surface area contributed by atoms with Crippen LogP contribution in [0.5, 0.6) is 5.75 Å². The lowest BCUT2D eigenvalue weighted by Crippen LogP contribution is -2.24. The molecule has 0 saturated heterocycles. The van der Waals surface area contributed by atoms with Crippen molar-refractivity contribution in [3.63, 3.8) is 0 Å². The topological polar surface area (TPSA) is 87.0 Å². The Kier molecular flexibility index (Phi) is 9.95. The third-order valence-electron chi connectivity index (χ3n) is 6.42. The van der Waals surface area contributed by atoms with Gasteiger partial charge in [-0.15, -0.1) is 0 Å². The molecule has 0 amide bonds. The molecular formula is C24H38O5. The summed E-state index contributed by atoms with van der Waals surface area (Å²) in [5.74, 6) is 0.616. The molecule has 5 heteroatoms. The normalized spacial score (nSPS) is 25.1. The van der Waals surface area contributed by atoms with Gasteiger partial charge in [-0.1, -0.05) is 51.7 Å². The summed E-state index contributed by atoms with van der Waals surface area (Å²) in [6, 6.07) is 7.63. The Morgan fingerprint density at radius 1 is 1.21 bits per heavy atom. The van der Waals surface area contributed by atoms with Gasteiger partial charge in [0.25, 0.3) is 0 Å². The molecule has 1 aliphatic carbocycles. The van der Waals surface area contributed by atoms with Gasteiger partial charge in [-0.3, -0.25) is 0 Å². The lowest BCUT2D eigenvalue weighted by molar-refractivity contribution is -0.139. The number of carbonyl (C=O) groups is 1.